The summed E-state index contributed by atoms with van der Waals surface area (Å²) in [5.74, 6) is 0.842. The van der Waals surface area contributed by atoms with Gasteiger partial charge in [0.15, 0.2) is 0 Å². The molecule has 5 nitrogen and oxygen atoms in total. The number of rotatable bonds is 10. The Kier molecular flexibility index (Phi) is 7.66. The van der Waals surface area contributed by atoms with Gasteiger partial charge in [-0.1, -0.05) is 30.7 Å². The molecule has 2 aromatic rings. The summed E-state index contributed by atoms with van der Waals surface area (Å²) >= 11 is 0. The highest BCUT2D eigenvalue weighted by molar-refractivity contribution is 5.70. The highest BCUT2D eigenvalue weighted by Gasteiger charge is 2.02. The van der Waals surface area contributed by atoms with E-state index in [2.05, 4.69) is 0 Å². The van der Waals surface area contributed by atoms with Gasteiger partial charge in [0.05, 0.1) is 11.5 Å². The Bertz CT molecular complexity index is 678. The zero-order chi connectivity index (χ0) is 17.9. The quantitative estimate of drug-likeness (QED) is 0.294. The van der Waals surface area contributed by atoms with E-state index in [9.17, 15) is 10.1 Å². The minimum absolute atomic E-state index is 0.0926. The second-order valence-electron chi connectivity index (χ2n) is 5.74. The molecule has 0 saturated heterocycles. The molecule has 0 amide bonds. The van der Waals surface area contributed by atoms with Gasteiger partial charge >= 0.3 is 0 Å². The van der Waals surface area contributed by atoms with E-state index in [1.54, 1.807) is 12.1 Å². The number of hydrogen-bond donors (Lipinski definition) is 1. The highest BCUT2D eigenvalue weighted by atomic mass is 16.6. The summed E-state index contributed by atoms with van der Waals surface area (Å²) in [5.41, 5.74) is 2.04. The summed E-state index contributed by atoms with van der Waals surface area (Å²) in [4.78, 5) is 10.2. The predicted octanol–water partition coefficient (Wildman–Crippen LogP) is 4.70. The number of unbranched alkanes of at least 4 members (excludes halogenated alkanes) is 3. The number of aliphatic hydroxyl groups excluding tert-OH is 1. The number of nitro groups is 1. The minimum Gasteiger partial charge on any atom is -0.494 e. The van der Waals surface area contributed by atoms with Gasteiger partial charge in [0.1, 0.15) is 5.75 Å². The van der Waals surface area contributed by atoms with Crippen LogP contribution in [0.5, 0.6) is 5.75 Å². The number of hydrogen-bond acceptors (Lipinski definition) is 4. The average molecular weight is 341 g/mol. The van der Waals surface area contributed by atoms with E-state index < -0.39 is 4.92 Å². The first-order valence-electron chi connectivity index (χ1n) is 8.45. The SMILES string of the molecule is O=[N+]([O-])c1ccc(C=Cc2ccc(OCCCCCCO)cc2)cc1. The van der Waals surface area contributed by atoms with Crippen molar-refractivity contribution < 1.29 is 14.8 Å². The maximum Gasteiger partial charge on any atom is 0.269 e. The van der Waals surface area contributed by atoms with Crippen LogP contribution in [-0.4, -0.2) is 23.2 Å². The number of nitrogens with zero attached hydrogens (tertiary/aromatic N) is 1. The Morgan fingerprint density at radius 2 is 1.44 bits per heavy atom. The predicted molar refractivity (Wildman–Crippen MR) is 99.5 cm³/mol. The Morgan fingerprint density at radius 1 is 0.880 bits per heavy atom. The van der Waals surface area contributed by atoms with E-state index in [0.29, 0.717) is 6.61 Å². The fraction of sp³-hybridized carbons (Fsp3) is 0.300. The van der Waals surface area contributed by atoms with Gasteiger partial charge in [0.25, 0.3) is 5.69 Å². The standard InChI is InChI=1S/C20H23NO4/c22-15-3-1-2-4-16-25-20-13-9-18(10-14-20)6-5-17-7-11-19(12-8-17)21(23)24/h5-14,22H,1-4,15-16H2. The largest absolute Gasteiger partial charge is 0.494 e. The molecule has 2 rings (SSSR count). The Labute approximate surface area is 147 Å². The fourth-order valence-corrected chi connectivity index (χ4v) is 2.33. The van der Waals surface area contributed by atoms with Crippen LogP contribution in [0.25, 0.3) is 12.2 Å². The first-order chi connectivity index (χ1) is 12.2. The van der Waals surface area contributed by atoms with Crippen molar-refractivity contribution in [2.45, 2.75) is 25.7 Å². The smallest absolute Gasteiger partial charge is 0.269 e. The maximum atomic E-state index is 10.6. The average Bonchev–Trinajstić information content (AvgIpc) is 2.64. The monoisotopic (exact) mass is 341 g/mol. The lowest BCUT2D eigenvalue weighted by Gasteiger charge is -2.06. The number of nitro benzene ring substituents is 1. The molecule has 0 aromatic heterocycles. The topological polar surface area (TPSA) is 72.6 Å². The van der Waals surface area contributed by atoms with Crippen LogP contribution in [0.1, 0.15) is 36.8 Å². The lowest BCUT2D eigenvalue weighted by molar-refractivity contribution is -0.384. The normalized spacial score (nSPS) is 10.9. The number of aliphatic hydroxyl groups is 1. The van der Waals surface area contributed by atoms with Crippen molar-refractivity contribution in [3.8, 4) is 5.75 Å². The summed E-state index contributed by atoms with van der Waals surface area (Å²) in [6.07, 6.45) is 7.82. The first-order valence-corrected chi connectivity index (χ1v) is 8.45. The van der Waals surface area contributed by atoms with Crippen LogP contribution >= 0.6 is 0 Å². The second kappa shape index (κ2) is 10.3. The third-order valence-electron chi connectivity index (χ3n) is 3.77. The van der Waals surface area contributed by atoms with Gasteiger partial charge in [-0.25, -0.2) is 0 Å². The van der Waals surface area contributed by atoms with Gasteiger partial charge in [-0.15, -0.1) is 0 Å². The molecule has 0 bridgehead atoms. The van der Waals surface area contributed by atoms with Gasteiger partial charge in [-0.05, 0) is 54.7 Å². The van der Waals surface area contributed by atoms with Crippen molar-refractivity contribution in [3.05, 3.63) is 69.8 Å². The maximum absolute atomic E-state index is 10.6. The molecule has 25 heavy (non-hydrogen) atoms. The number of ether oxygens (including phenoxy) is 1. The van der Waals surface area contributed by atoms with Crippen LogP contribution in [-0.2, 0) is 0 Å². The van der Waals surface area contributed by atoms with Crippen LogP contribution in [0.4, 0.5) is 5.69 Å². The molecule has 0 heterocycles. The molecule has 5 heteroatoms. The molecule has 0 fully saturated rings. The fourth-order valence-electron chi connectivity index (χ4n) is 2.33. The van der Waals surface area contributed by atoms with Gasteiger partial charge in [-0.2, -0.15) is 0 Å². The molecule has 1 N–H and O–H groups in total. The highest BCUT2D eigenvalue weighted by Crippen LogP contribution is 2.17. The van der Waals surface area contributed by atoms with Crippen molar-refractivity contribution in [1.82, 2.24) is 0 Å². The number of non-ortho nitro benzene ring substituents is 1. The van der Waals surface area contributed by atoms with E-state index in [0.717, 1.165) is 42.6 Å². The van der Waals surface area contributed by atoms with E-state index in [1.165, 1.54) is 12.1 Å². The third-order valence-corrected chi connectivity index (χ3v) is 3.77. The van der Waals surface area contributed by atoms with Gasteiger partial charge < -0.3 is 9.84 Å². The summed E-state index contributed by atoms with van der Waals surface area (Å²) in [5, 5.41) is 19.3. The molecule has 0 saturated carbocycles. The number of benzene rings is 2. The van der Waals surface area contributed by atoms with E-state index in [4.69, 9.17) is 9.84 Å². The zero-order valence-electron chi connectivity index (χ0n) is 14.1. The van der Waals surface area contributed by atoms with E-state index in [-0.39, 0.29) is 12.3 Å². The minimum atomic E-state index is -0.404. The van der Waals surface area contributed by atoms with Crippen LogP contribution < -0.4 is 4.74 Å². The molecule has 0 spiro atoms. The Morgan fingerprint density at radius 3 is 2.00 bits per heavy atom. The van der Waals surface area contributed by atoms with Crippen LogP contribution in [0.2, 0.25) is 0 Å². The molecule has 0 unspecified atom stereocenters. The van der Waals surface area contributed by atoms with Crippen molar-refractivity contribution >= 4 is 17.8 Å². The van der Waals surface area contributed by atoms with Gasteiger partial charge in [0.2, 0.25) is 0 Å². The van der Waals surface area contributed by atoms with Crippen LogP contribution in [0.3, 0.4) is 0 Å². The summed E-state index contributed by atoms with van der Waals surface area (Å²) in [6, 6.07) is 14.3. The second-order valence-corrected chi connectivity index (χ2v) is 5.74. The molecule has 0 aliphatic heterocycles. The zero-order valence-corrected chi connectivity index (χ0v) is 14.1. The summed E-state index contributed by atoms with van der Waals surface area (Å²) in [6.45, 7) is 0.944. The Balaban J connectivity index is 1.80. The molecule has 0 aliphatic rings. The van der Waals surface area contributed by atoms with E-state index >= 15 is 0 Å². The molecule has 132 valence electrons. The lowest BCUT2D eigenvalue weighted by Crippen LogP contribution is -1.97. The molecular weight excluding hydrogens is 318 g/mol. The lowest BCUT2D eigenvalue weighted by atomic mass is 10.1. The molecule has 0 aliphatic carbocycles. The van der Waals surface area contributed by atoms with Gasteiger partial charge in [0, 0.05) is 18.7 Å². The summed E-state index contributed by atoms with van der Waals surface area (Å²) < 4.78 is 5.69. The van der Waals surface area contributed by atoms with Crippen molar-refractivity contribution in [1.29, 1.82) is 0 Å². The molecule has 0 atom stereocenters. The van der Waals surface area contributed by atoms with Crippen LogP contribution in [0.15, 0.2) is 48.5 Å². The van der Waals surface area contributed by atoms with Crippen molar-refractivity contribution in [2.24, 2.45) is 0 Å². The van der Waals surface area contributed by atoms with Crippen LogP contribution in [0, 0.1) is 10.1 Å². The Hall–Kier alpha value is -2.66. The van der Waals surface area contributed by atoms with Gasteiger partial charge in [-0.3, -0.25) is 10.1 Å². The molecular formula is C20H23NO4. The van der Waals surface area contributed by atoms with Crippen molar-refractivity contribution in [2.75, 3.05) is 13.2 Å². The molecule has 2 aromatic carbocycles. The third kappa shape index (κ3) is 6.77. The summed E-state index contributed by atoms with van der Waals surface area (Å²) in [7, 11) is 0. The first kappa shape index (κ1) is 18.7. The van der Waals surface area contributed by atoms with E-state index in [1.807, 2.05) is 36.4 Å². The molecule has 0 radical (unpaired) electrons. The van der Waals surface area contributed by atoms with Crippen molar-refractivity contribution in [3.63, 3.8) is 0 Å².